The third-order valence-electron chi connectivity index (χ3n) is 5.90. The molecule has 0 atom stereocenters. The summed E-state index contributed by atoms with van der Waals surface area (Å²) in [6, 6.07) is 15.7. The van der Waals surface area contributed by atoms with Crippen molar-refractivity contribution in [1.29, 1.82) is 5.26 Å². The van der Waals surface area contributed by atoms with E-state index in [-0.39, 0.29) is 17.4 Å². The first-order valence-corrected chi connectivity index (χ1v) is 10.9. The lowest BCUT2D eigenvalue weighted by Gasteiger charge is -2.35. The number of piperazine rings is 2. The molecule has 2 aromatic rings. The molecule has 1 aromatic heterocycles. The van der Waals surface area contributed by atoms with Crippen molar-refractivity contribution in [2.75, 3.05) is 52.4 Å². The molecule has 0 radical (unpaired) electrons. The van der Waals surface area contributed by atoms with Crippen LogP contribution in [0, 0.1) is 11.3 Å². The normalized spacial score (nSPS) is 17.8. The zero-order valence-electron chi connectivity index (χ0n) is 18.0. The van der Waals surface area contributed by atoms with E-state index in [4.69, 9.17) is 4.42 Å². The van der Waals surface area contributed by atoms with Gasteiger partial charge in [-0.3, -0.25) is 14.5 Å². The predicted octanol–water partition coefficient (Wildman–Crippen LogP) is 1.79. The Balaban J connectivity index is 1.28. The summed E-state index contributed by atoms with van der Waals surface area (Å²) in [5.41, 5.74) is 1.40. The summed E-state index contributed by atoms with van der Waals surface area (Å²) < 4.78 is 5.18. The van der Waals surface area contributed by atoms with Crippen LogP contribution in [0.15, 0.2) is 64.9 Å². The summed E-state index contributed by atoms with van der Waals surface area (Å²) in [6.45, 7) is 5.81. The van der Waals surface area contributed by atoms with Crippen LogP contribution in [0.1, 0.15) is 16.1 Å². The van der Waals surface area contributed by atoms with Crippen LogP contribution in [0.2, 0.25) is 0 Å². The molecule has 8 heteroatoms. The molecule has 32 heavy (non-hydrogen) atoms. The number of rotatable bonds is 5. The van der Waals surface area contributed by atoms with Gasteiger partial charge in [-0.05, 0) is 17.7 Å². The molecule has 2 fully saturated rings. The molecule has 2 aliphatic heterocycles. The number of carbonyl (C=O) groups is 2. The first kappa shape index (κ1) is 21.7. The fraction of sp³-hybridized carbons (Fsp3) is 0.375. The van der Waals surface area contributed by atoms with E-state index < -0.39 is 0 Å². The highest BCUT2D eigenvalue weighted by atomic mass is 16.3. The van der Waals surface area contributed by atoms with Gasteiger partial charge in [0.2, 0.25) is 0 Å². The molecule has 0 aliphatic carbocycles. The van der Waals surface area contributed by atoms with E-state index in [0.29, 0.717) is 45.0 Å². The minimum absolute atomic E-state index is 0.136. The summed E-state index contributed by atoms with van der Waals surface area (Å²) in [7, 11) is 0. The molecular weight excluding hydrogens is 406 g/mol. The zero-order valence-corrected chi connectivity index (χ0v) is 18.0. The van der Waals surface area contributed by atoms with E-state index in [0.717, 1.165) is 19.6 Å². The van der Waals surface area contributed by atoms with Gasteiger partial charge in [-0.2, -0.15) is 5.26 Å². The lowest BCUT2D eigenvalue weighted by molar-refractivity contribution is -0.128. The number of nitriles is 1. The van der Waals surface area contributed by atoms with E-state index in [9.17, 15) is 14.9 Å². The molecule has 0 spiro atoms. The Morgan fingerprint density at radius 1 is 0.906 bits per heavy atom. The zero-order chi connectivity index (χ0) is 22.3. The average Bonchev–Trinajstić information content (AvgIpc) is 3.38. The number of amides is 2. The van der Waals surface area contributed by atoms with E-state index in [1.54, 1.807) is 28.1 Å². The van der Waals surface area contributed by atoms with Crippen molar-refractivity contribution in [3.63, 3.8) is 0 Å². The van der Waals surface area contributed by atoms with Gasteiger partial charge in [0.1, 0.15) is 11.6 Å². The monoisotopic (exact) mass is 433 g/mol. The van der Waals surface area contributed by atoms with Gasteiger partial charge in [0.15, 0.2) is 5.76 Å². The second-order valence-electron chi connectivity index (χ2n) is 8.01. The van der Waals surface area contributed by atoms with Crippen molar-refractivity contribution in [3.05, 3.63) is 71.8 Å². The van der Waals surface area contributed by atoms with Gasteiger partial charge < -0.3 is 19.1 Å². The Morgan fingerprint density at radius 2 is 1.59 bits per heavy atom. The van der Waals surface area contributed by atoms with Gasteiger partial charge in [0, 0.05) is 65.1 Å². The topological polar surface area (TPSA) is 84.0 Å². The van der Waals surface area contributed by atoms with Crippen LogP contribution in [0.4, 0.5) is 0 Å². The quantitative estimate of drug-likeness (QED) is 0.528. The molecule has 2 aliphatic rings. The lowest BCUT2D eigenvalue weighted by atomic mass is 10.2. The van der Waals surface area contributed by atoms with Crippen LogP contribution < -0.4 is 0 Å². The number of carbonyl (C=O) groups excluding carboxylic acids is 2. The molecule has 4 rings (SSSR count). The Labute approximate surface area is 187 Å². The largest absolute Gasteiger partial charge is 0.459 e. The fourth-order valence-corrected chi connectivity index (χ4v) is 4.05. The van der Waals surface area contributed by atoms with Crippen molar-refractivity contribution < 1.29 is 14.0 Å². The highest BCUT2D eigenvalue weighted by Gasteiger charge is 2.26. The van der Waals surface area contributed by atoms with Gasteiger partial charge in [0.05, 0.1) is 6.26 Å². The third kappa shape index (κ3) is 5.18. The number of benzene rings is 1. The highest BCUT2D eigenvalue weighted by Crippen LogP contribution is 2.13. The van der Waals surface area contributed by atoms with Gasteiger partial charge in [-0.15, -0.1) is 0 Å². The van der Waals surface area contributed by atoms with Gasteiger partial charge in [0.25, 0.3) is 11.8 Å². The lowest BCUT2D eigenvalue weighted by Crippen LogP contribution is -2.49. The summed E-state index contributed by atoms with van der Waals surface area (Å²) in [5, 5.41) is 9.59. The van der Waals surface area contributed by atoms with E-state index in [2.05, 4.69) is 23.1 Å². The van der Waals surface area contributed by atoms with Crippen molar-refractivity contribution in [1.82, 2.24) is 19.6 Å². The predicted molar refractivity (Wildman–Crippen MR) is 118 cm³/mol. The minimum Gasteiger partial charge on any atom is -0.459 e. The Morgan fingerprint density at radius 3 is 2.22 bits per heavy atom. The second-order valence-corrected chi connectivity index (χ2v) is 8.01. The summed E-state index contributed by atoms with van der Waals surface area (Å²) >= 11 is 0. The molecule has 2 saturated heterocycles. The van der Waals surface area contributed by atoms with Crippen molar-refractivity contribution in [2.24, 2.45) is 0 Å². The van der Waals surface area contributed by atoms with Crippen LogP contribution in [-0.4, -0.2) is 83.8 Å². The standard InChI is InChI=1S/C24H27N5O3/c25-17-21(19-27-10-14-29(15-11-27)24(31)22-7-4-16-32-22)23(30)28-12-8-26(9-13-28)18-20-5-2-1-3-6-20/h1-7,16,19H,8-15,18H2/b21-19-. The summed E-state index contributed by atoms with van der Waals surface area (Å²) in [4.78, 5) is 33.0. The Hall–Kier alpha value is -3.57. The van der Waals surface area contributed by atoms with Crippen LogP contribution in [0.5, 0.6) is 0 Å². The van der Waals surface area contributed by atoms with E-state index >= 15 is 0 Å². The Bertz CT molecular complexity index is 980. The third-order valence-corrected chi connectivity index (χ3v) is 5.90. The Kier molecular flexibility index (Phi) is 6.87. The molecule has 0 unspecified atom stereocenters. The summed E-state index contributed by atoms with van der Waals surface area (Å²) in [6.07, 6.45) is 3.13. The molecule has 0 saturated carbocycles. The molecule has 8 nitrogen and oxygen atoms in total. The maximum atomic E-state index is 12.9. The molecule has 166 valence electrons. The van der Waals surface area contributed by atoms with E-state index in [1.165, 1.54) is 11.8 Å². The summed E-state index contributed by atoms with van der Waals surface area (Å²) in [5.74, 6) is -0.0298. The minimum atomic E-state index is -0.221. The molecule has 1 aromatic carbocycles. The number of nitrogens with zero attached hydrogens (tertiary/aromatic N) is 5. The number of hydrogen-bond acceptors (Lipinski definition) is 6. The first-order chi connectivity index (χ1) is 15.6. The smallest absolute Gasteiger partial charge is 0.289 e. The SMILES string of the molecule is N#C/C(=C/N1CCN(C(=O)c2ccco2)CC1)C(=O)N1CCN(Cc2ccccc2)CC1. The van der Waals surface area contributed by atoms with Crippen LogP contribution >= 0.6 is 0 Å². The second kappa shape index (κ2) is 10.2. The van der Waals surface area contributed by atoms with E-state index in [1.807, 2.05) is 23.1 Å². The molecule has 0 bridgehead atoms. The van der Waals surface area contributed by atoms with Crippen LogP contribution in [-0.2, 0) is 11.3 Å². The van der Waals surface area contributed by atoms with Gasteiger partial charge in [-0.1, -0.05) is 30.3 Å². The van der Waals surface area contributed by atoms with Gasteiger partial charge >= 0.3 is 0 Å². The first-order valence-electron chi connectivity index (χ1n) is 10.9. The van der Waals surface area contributed by atoms with Crippen molar-refractivity contribution in [3.8, 4) is 6.07 Å². The van der Waals surface area contributed by atoms with Crippen LogP contribution in [0.25, 0.3) is 0 Å². The van der Waals surface area contributed by atoms with Crippen molar-refractivity contribution in [2.45, 2.75) is 6.54 Å². The molecule has 2 amide bonds. The van der Waals surface area contributed by atoms with Crippen molar-refractivity contribution >= 4 is 11.8 Å². The number of hydrogen-bond donors (Lipinski definition) is 0. The average molecular weight is 434 g/mol. The molecule has 0 N–H and O–H groups in total. The maximum absolute atomic E-state index is 12.9. The number of furan rings is 1. The fourth-order valence-electron chi connectivity index (χ4n) is 4.05. The van der Waals surface area contributed by atoms with Crippen LogP contribution in [0.3, 0.4) is 0 Å². The maximum Gasteiger partial charge on any atom is 0.289 e. The van der Waals surface area contributed by atoms with Gasteiger partial charge in [-0.25, -0.2) is 0 Å². The highest BCUT2D eigenvalue weighted by molar-refractivity contribution is 5.97. The molecular formula is C24H27N5O3. The molecule has 3 heterocycles.